The van der Waals surface area contributed by atoms with Gasteiger partial charge in [0.15, 0.2) is 5.78 Å². The quantitative estimate of drug-likeness (QED) is 0.750. The molecule has 0 radical (unpaired) electrons. The minimum absolute atomic E-state index is 0.347. The molecule has 2 aliphatic carbocycles. The van der Waals surface area contributed by atoms with Crippen LogP contribution in [0.3, 0.4) is 0 Å². The number of ketones is 1. The van der Waals surface area contributed by atoms with Crippen LogP contribution in [0.1, 0.15) is 42.5 Å². The average Bonchev–Trinajstić information content (AvgIpc) is 2.92. The summed E-state index contributed by atoms with van der Waals surface area (Å²) in [5.41, 5.74) is 0.902. The Kier molecular flexibility index (Phi) is 2.92. The zero-order chi connectivity index (χ0) is 11.1. The highest BCUT2D eigenvalue weighted by Gasteiger charge is 2.40. The van der Waals surface area contributed by atoms with Crippen molar-refractivity contribution in [3.05, 3.63) is 20.8 Å². The summed E-state index contributed by atoms with van der Waals surface area (Å²) in [5, 5.41) is 1.97. The summed E-state index contributed by atoms with van der Waals surface area (Å²) < 4.78 is 1.06. The van der Waals surface area contributed by atoms with Crippen molar-refractivity contribution in [3.8, 4) is 0 Å². The van der Waals surface area contributed by atoms with E-state index in [2.05, 4.69) is 15.9 Å². The number of thiophene rings is 1. The van der Waals surface area contributed by atoms with Crippen LogP contribution in [0.4, 0.5) is 0 Å². The molecule has 0 spiro atoms. The number of hydrogen-bond donors (Lipinski definition) is 0. The highest BCUT2D eigenvalue weighted by atomic mass is 79.9. The van der Waals surface area contributed by atoms with Crippen LogP contribution in [-0.4, -0.2) is 5.78 Å². The first-order valence-electron chi connectivity index (χ1n) is 5.99. The smallest absolute Gasteiger partial charge is 0.164 e. The maximum Gasteiger partial charge on any atom is 0.164 e. The molecule has 0 N–H and O–H groups in total. The lowest BCUT2D eigenvalue weighted by atomic mass is 9.84. The van der Waals surface area contributed by atoms with E-state index in [9.17, 15) is 4.79 Å². The molecule has 0 saturated heterocycles. The van der Waals surface area contributed by atoms with Gasteiger partial charge in [0, 0.05) is 17.4 Å². The normalized spacial score (nSPS) is 32.2. The van der Waals surface area contributed by atoms with Gasteiger partial charge >= 0.3 is 0 Å². The number of hydrogen-bond acceptors (Lipinski definition) is 2. The van der Waals surface area contributed by atoms with Gasteiger partial charge in [-0.15, -0.1) is 11.3 Å². The molecule has 2 saturated carbocycles. The fraction of sp³-hybridized carbons (Fsp3) is 0.615. The molecule has 3 atom stereocenters. The molecular formula is C13H15BrOS. The van der Waals surface area contributed by atoms with E-state index < -0.39 is 0 Å². The van der Waals surface area contributed by atoms with Crippen LogP contribution in [-0.2, 0) is 0 Å². The van der Waals surface area contributed by atoms with E-state index in [-0.39, 0.29) is 0 Å². The topological polar surface area (TPSA) is 17.1 Å². The largest absolute Gasteiger partial charge is 0.294 e. The van der Waals surface area contributed by atoms with Crippen molar-refractivity contribution in [2.24, 2.45) is 17.8 Å². The number of carbonyl (C=O) groups excluding carboxylic acids is 1. The molecule has 3 rings (SSSR count). The third-order valence-electron chi connectivity index (χ3n) is 4.22. The number of Topliss-reactive ketones (excluding diaryl/α,β-unsaturated/α-hetero) is 1. The molecule has 1 aromatic rings. The summed E-state index contributed by atoms with van der Waals surface area (Å²) in [6.07, 6.45) is 6.27. The van der Waals surface area contributed by atoms with Gasteiger partial charge < -0.3 is 0 Å². The van der Waals surface area contributed by atoms with E-state index in [1.807, 2.05) is 11.4 Å². The lowest BCUT2D eigenvalue weighted by Gasteiger charge is -2.20. The van der Waals surface area contributed by atoms with E-state index in [4.69, 9.17) is 0 Å². The highest BCUT2D eigenvalue weighted by molar-refractivity contribution is 9.11. The highest BCUT2D eigenvalue weighted by Crippen LogP contribution is 2.49. The van der Waals surface area contributed by atoms with Crippen molar-refractivity contribution in [2.45, 2.75) is 32.1 Å². The summed E-state index contributed by atoms with van der Waals surface area (Å²) in [4.78, 5) is 12.1. The summed E-state index contributed by atoms with van der Waals surface area (Å²) in [5.74, 6) is 2.83. The molecular weight excluding hydrogens is 284 g/mol. The first-order valence-corrected chi connectivity index (χ1v) is 7.67. The van der Waals surface area contributed by atoms with E-state index in [0.29, 0.717) is 11.7 Å². The summed E-state index contributed by atoms with van der Waals surface area (Å²) >= 11 is 5.01. The molecule has 16 heavy (non-hydrogen) atoms. The molecule has 3 heteroatoms. The fourth-order valence-electron chi connectivity index (χ4n) is 3.44. The third kappa shape index (κ3) is 2.00. The lowest BCUT2D eigenvalue weighted by Crippen LogP contribution is -2.14. The predicted octanol–water partition coefficient (Wildman–Crippen LogP) is 4.52. The van der Waals surface area contributed by atoms with Gasteiger partial charge in [-0.05, 0) is 59.0 Å². The number of fused-ring (bicyclic) bond motifs is 2. The third-order valence-corrected chi connectivity index (χ3v) is 5.73. The Bertz CT molecular complexity index is 412. The Morgan fingerprint density at radius 2 is 2.31 bits per heavy atom. The van der Waals surface area contributed by atoms with Crippen molar-refractivity contribution in [1.82, 2.24) is 0 Å². The zero-order valence-electron chi connectivity index (χ0n) is 9.12. The number of rotatable bonds is 3. The number of carbonyl (C=O) groups is 1. The van der Waals surface area contributed by atoms with Crippen molar-refractivity contribution < 1.29 is 4.79 Å². The van der Waals surface area contributed by atoms with Gasteiger partial charge in [-0.25, -0.2) is 0 Å². The van der Waals surface area contributed by atoms with Gasteiger partial charge in [0.25, 0.3) is 0 Å². The molecule has 0 amide bonds. The maximum atomic E-state index is 12.1. The van der Waals surface area contributed by atoms with E-state index in [0.717, 1.165) is 27.6 Å². The molecule has 3 unspecified atom stereocenters. The van der Waals surface area contributed by atoms with Crippen LogP contribution in [0.5, 0.6) is 0 Å². The molecule has 0 aromatic carbocycles. The number of halogens is 1. The van der Waals surface area contributed by atoms with E-state index in [1.54, 1.807) is 11.3 Å². The Hall–Kier alpha value is -0.150. The monoisotopic (exact) mass is 298 g/mol. The SMILES string of the molecule is O=C(CC1CC2CCC1C2)c1csc(Br)c1. The second-order valence-electron chi connectivity index (χ2n) is 5.20. The van der Waals surface area contributed by atoms with Gasteiger partial charge in [0.2, 0.25) is 0 Å². The zero-order valence-corrected chi connectivity index (χ0v) is 11.5. The molecule has 86 valence electrons. The van der Waals surface area contributed by atoms with E-state index >= 15 is 0 Å². The lowest BCUT2D eigenvalue weighted by molar-refractivity contribution is 0.0944. The second-order valence-corrected chi connectivity index (χ2v) is 7.49. The molecule has 0 aliphatic heterocycles. The van der Waals surface area contributed by atoms with Gasteiger partial charge in [0.1, 0.15) is 0 Å². The Morgan fingerprint density at radius 3 is 2.88 bits per heavy atom. The average molecular weight is 299 g/mol. The summed E-state index contributed by atoms with van der Waals surface area (Å²) in [6.45, 7) is 0. The minimum Gasteiger partial charge on any atom is -0.294 e. The first-order chi connectivity index (χ1) is 7.72. The van der Waals surface area contributed by atoms with E-state index in [1.165, 1.54) is 25.7 Å². The van der Waals surface area contributed by atoms with Crippen LogP contribution in [0.2, 0.25) is 0 Å². The van der Waals surface area contributed by atoms with Crippen molar-refractivity contribution in [2.75, 3.05) is 0 Å². The van der Waals surface area contributed by atoms with Crippen LogP contribution < -0.4 is 0 Å². The standard InChI is InChI=1S/C13H15BrOS/c14-13-6-11(7-16-13)12(15)5-10-4-8-1-2-9(10)3-8/h6-10H,1-5H2. The van der Waals surface area contributed by atoms with Gasteiger partial charge in [0.05, 0.1) is 3.79 Å². The maximum absolute atomic E-state index is 12.1. The Balaban J connectivity index is 1.65. The second kappa shape index (κ2) is 4.26. The summed E-state index contributed by atoms with van der Waals surface area (Å²) in [7, 11) is 0. The summed E-state index contributed by atoms with van der Waals surface area (Å²) in [6, 6.07) is 1.96. The molecule has 2 aliphatic rings. The Morgan fingerprint density at radius 1 is 1.44 bits per heavy atom. The molecule has 1 aromatic heterocycles. The van der Waals surface area contributed by atoms with Gasteiger partial charge in [-0.3, -0.25) is 4.79 Å². The van der Waals surface area contributed by atoms with Crippen molar-refractivity contribution >= 4 is 33.0 Å². The fourth-order valence-corrected chi connectivity index (χ4v) is 4.60. The van der Waals surface area contributed by atoms with Crippen molar-refractivity contribution in [1.29, 1.82) is 0 Å². The van der Waals surface area contributed by atoms with Gasteiger partial charge in [-0.1, -0.05) is 6.42 Å². The van der Waals surface area contributed by atoms with Crippen LogP contribution in [0.25, 0.3) is 0 Å². The van der Waals surface area contributed by atoms with Crippen LogP contribution >= 0.6 is 27.3 Å². The van der Waals surface area contributed by atoms with Crippen molar-refractivity contribution in [3.63, 3.8) is 0 Å². The molecule has 2 fully saturated rings. The Labute approximate surface area is 108 Å². The predicted molar refractivity (Wildman–Crippen MR) is 69.9 cm³/mol. The molecule has 2 bridgehead atoms. The van der Waals surface area contributed by atoms with Crippen LogP contribution in [0, 0.1) is 17.8 Å². The van der Waals surface area contributed by atoms with Gasteiger partial charge in [-0.2, -0.15) is 0 Å². The molecule has 1 nitrogen and oxygen atoms in total. The van der Waals surface area contributed by atoms with Crippen LogP contribution in [0.15, 0.2) is 15.2 Å². The minimum atomic E-state index is 0.347. The first kappa shape index (κ1) is 11.0. The molecule has 1 heterocycles.